The van der Waals surface area contributed by atoms with Gasteiger partial charge < -0.3 is 11.1 Å². The molecule has 2 rings (SSSR count). The maximum Gasteiger partial charge on any atom is 0.141 e. The Hall–Kier alpha value is -0.640. The number of benzene rings is 1. The third kappa shape index (κ3) is 2.94. The second kappa shape index (κ2) is 5.13. The lowest BCUT2D eigenvalue weighted by Crippen LogP contribution is -2.29. The van der Waals surface area contributed by atoms with Crippen LogP contribution >= 0.6 is 11.6 Å². The number of hydrogen-bond acceptors (Lipinski definition) is 2. The predicted octanol–water partition coefficient (Wildman–Crippen LogP) is 2.48. The van der Waals surface area contributed by atoms with E-state index in [2.05, 4.69) is 5.32 Å². The molecular formula is C12H16ClFN2. The monoisotopic (exact) mass is 242 g/mol. The van der Waals surface area contributed by atoms with E-state index in [1.807, 2.05) is 0 Å². The zero-order chi connectivity index (χ0) is 11.5. The molecule has 1 aliphatic rings. The summed E-state index contributed by atoms with van der Waals surface area (Å²) in [4.78, 5) is 0. The van der Waals surface area contributed by atoms with Crippen molar-refractivity contribution < 1.29 is 4.39 Å². The van der Waals surface area contributed by atoms with Crippen molar-refractivity contribution in [2.24, 2.45) is 11.7 Å². The van der Waals surface area contributed by atoms with Crippen LogP contribution < -0.4 is 11.1 Å². The molecule has 1 aromatic rings. The third-order valence-electron chi connectivity index (χ3n) is 2.93. The van der Waals surface area contributed by atoms with Gasteiger partial charge in [-0.05, 0) is 43.0 Å². The van der Waals surface area contributed by atoms with E-state index in [-0.39, 0.29) is 16.9 Å². The molecule has 2 nitrogen and oxygen atoms in total. The van der Waals surface area contributed by atoms with Gasteiger partial charge in [-0.15, -0.1) is 0 Å². The number of hydrogen-bond donors (Lipinski definition) is 2. The highest BCUT2D eigenvalue weighted by Gasteiger charge is 2.22. The first-order chi connectivity index (χ1) is 7.70. The van der Waals surface area contributed by atoms with E-state index in [4.69, 9.17) is 17.3 Å². The molecule has 1 atom stereocenters. The summed E-state index contributed by atoms with van der Waals surface area (Å²) in [5.74, 6) is 0.411. The Bertz CT molecular complexity index is 366. The Labute approximate surface area is 100.0 Å². The first kappa shape index (κ1) is 11.8. The van der Waals surface area contributed by atoms with Crippen molar-refractivity contribution >= 4 is 11.6 Å². The van der Waals surface area contributed by atoms with Crippen LogP contribution in [-0.2, 0) is 0 Å². The van der Waals surface area contributed by atoms with Crippen LogP contribution in [0, 0.1) is 11.7 Å². The summed E-state index contributed by atoms with van der Waals surface area (Å²) in [5.41, 5.74) is 6.65. The van der Waals surface area contributed by atoms with Crippen molar-refractivity contribution in [3.63, 3.8) is 0 Å². The minimum atomic E-state index is -0.386. The second-order valence-corrected chi connectivity index (χ2v) is 4.72. The summed E-state index contributed by atoms with van der Waals surface area (Å²) in [6.07, 6.45) is 2.60. The summed E-state index contributed by atoms with van der Waals surface area (Å²) in [7, 11) is 0. The number of halogens is 2. The molecule has 0 spiro atoms. The van der Waals surface area contributed by atoms with Crippen LogP contribution in [-0.4, -0.2) is 13.1 Å². The van der Waals surface area contributed by atoms with E-state index in [1.165, 1.54) is 18.9 Å². The van der Waals surface area contributed by atoms with E-state index in [1.54, 1.807) is 12.1 Å². The zero-order valence-corrected chi connectivity index (χ0v) is 9.80. The van der Waals surface area contributed by atoms with Gasteiger partial charge >= 0.3 is 0 Å². The maximum atomic E-state index is 13.0. The molecule has 1 saturated carbocycles. The van der Waals surface area contributed by atoms with Gasteiger partial charge in [-0.3, -0.25) is 0 Å². The van der Waals surface area contributed by atoms with Gasteiger partial charge in [0.05, 0.1) is 5.02 Å². The Morgan fingerprint density at radius 1 is 1.50 bits per heavy atom. The van der Waals surface area contributed by atoms with Gasteiger partial charge in [0.25, 0.3) is 0 Å². The molecular weight excluding hydrogens is 227 g/mol. The van der Waals surface area contributed by atoms with Crippen LogP contribution in [0.25, 0.3) is 0 Å². The van der Waals surface area contributed by atoms with Crippen LogP contribution in [0.5, 0.6) is 0 Å². The van der Waals surface area contributed by atoms with Crippen LogP contribution in [0.1, 0.15) is 24.4 Å². The van der Waals surface area contributed by atoms with Crippen molar-refractivity contribution in [1.82, 2.24) is 5.32 Å². The zero-order valence-electron chi connectivity index (χ0n) is 9.05. The number of nitrogens with one attached hydrogen (secondary N) is 1. The fourth-order valence-electron chi connectivity index (χ4n) is 1.70. The molecule has 4 heteroatoms. The van der Waals surface area contributed by atoms with Crippen LogP contribution in [0.15, 0.2) is 18.2 Å². The predicted molar refractivity (Wildman–Crippen MR) is 63.9 cm³/mol. The lowest BCUT2D eigenvalue weighted by atomic mass is 10.1. The lowest BCUT2D eigenvalue weighted by Gasteiger charge is -2.17. The van der Waals surface area contributed by atoms with Crippen LogP contribution in [0.4, 0.5) is 4.39 Å². The topological polar surface area (TPSA) is 38.0 Å². The van der Waals surface area contributed by atoms with Gasteiger partial charge in [0.2, 0.25) is 0 Å². The summed E-state index contributed by atoms with van der Waals surface area (Å²) in [6.45, 7) is 1.48. The normalized spacial score (nSPS) is 17.4. The fraction of sp³-hybridized carbons (Fsp3) is 0.500. The third-order valence-corrected chi connectivity index (χ3v) is 3.22. The molecule has 3 N–H and O–H groups in total. The smallest absolute Gasteiger partial charge is 0.141 e. The van der Waals surface area contributed by atoms with Crippen molar-refractivity contribution in [1.29, 1.82) is 0 Å². The summed E-state index contributed by atoms with van der Waals surface area (Å²) >= 11 is 5.75. The Morgan fingerprint density at radius 3 is 2.81 bits per heavy atom. The summed E-state index contributed by atoms with van der Waals surface area (Å²) in [5, 5.41) is 3.54. The Morgan fingerprint density at radius 2 is 2.25 bits per heavy atom. The van der Waals surface area contributed by atoms with Gasteiger partial charge in [-0.2, -0.15) is 0 Å². The van der Waals surface area contributed by atoms with Gasteiger partial charge in [-0.1, -0.05) is 17.7 Å². The minimum Gasteiger partial charge on any atom is -0.329 e. The SMILES string of the molecule is NCC(NCC1CC1)c1ccc(F)c(Cl)c1. The lowest BCUT2D eigenvalue weighted by molar-refractivity contribution is 0.521. The van der Waals surface area contributed by atoms with E-state index >= 15 is 0 Å². The Kier molecular flexibility index (Phi) is 3.79. The van der Waals surface area contributed by atoms with Gasteiger partial charge in [-0.25, -0.2) is 4.39 Å². The molecule has 0 radical (unpaired) electrons. The van der Waals surface area contributed by atoms with Crippen molar-refractivity contribution in [2.45, 2.75) is 18.9 Å². The number of nitrogens with two attached hydrogens (primary N) is 1. The van der Waals surface area contributed by atoms with Crippen molar-refractivity contribution in [3.8, 4) is 0 Å². The molecule has 0 heterocycles. The van der Waals surface area contributed by atoms with Crippen molar-refractivity contribution in [2.75, 3.05) is 13.1 Å². The molecule has 1 aromatic carbocycles. The quantitative estimate of drug-likeness (QED) is 0.833. The van der Waals surface area contributed by atoms with Crippen molar-refractivity contribution in [3.05, 3.63) is 34.6 Å². The van der Waals surface area contributed by atoms with E-state index < -0.39 is 0 Å². The van der Waals surface area contributed by atoms with E-state index in [0.29, 0.717) is 6.54 Å². The summed E-state index contributed by atoms with van der Waals surface area (Å²) < 4.78 is 13.0. The average Bonchev–Trinajstić information content (AvgIpc) is 3.08. The molecule has 88 valence electrons. The number of rotatable bonds is 5. The van der Waals surface area contributed by atoms with Gasteiger partial charge in [0.1, 0.15) is 5.82 Å². The van der Waals surface area contributed by atoms with E-state index in [9.17, 15) is 4.39 Å². The van der Waals surface area contributed by atoms with Gasteiger partial charge in [0.15, 0.2) is 0 Å². The first-order valence-corrected chi connectivity index (χ1v) is 5.97. The highest BCUT2D eigenvalue weighted by Crippen LogP contribution is 2.29. The van der Waals surface area contributed by atoms with E-state index in [0.717, 1.165) is 18.0 Å². The largest absolute Gasteiger partial charge is 0.329 e. The van der Waals surface area contributed by atoms with Crippen LogP contribution in [0.2, 0.25) is 5.02 Å². The molecule has 1 fully saturated rings. The fourth-order valence-corrected chi connectivity index (χ4v) is 1.89. The molecule has 0 amide bonds. The van der Waals surface area contributed by atoms with Gasteiger partial charge in [0, 0.05) is 12.6 Å². The molecule has 1 unspecified atom stereocenters. The highest BCUT2D eigenvalue weighted by atomic mass is 35.5. The molecule has 0 aromatic heterocycles. The summed E-state index contributed by atoms with van der Waals surface area (Å²) in [6, 6.07) is 4.84. The standard InChI is InChI=1S/C12H16ClFN2/c13-10-5-9(3-4-11(10)14)12(6-15)16-7-8-1-2-8/h3-5,8,12,16H,1-2,6-7,15H2. The minimum absolute atomic E-state index is 0.0682. The molecule has 0 aliphatic heterocycles. The Balaban J connectivity index is 2.02. The molecule has 0 saturated heterocycles. The molecule has 0 bridgehead atoms. The molecule has 1 aliphatic carbocycles. The first-order valence-electron chi connectivity index (χ1n) is 5.59. The average molecular weight is 243 g/mol. The van der Waals surface area contributed by atoms with Crippen LogP contribution in [0.3, 0.4) is 0 Å². The second-order valence-electron chi connectivity index (χ2n) is 4.31. The highest BCUT2D eigenvalue weighted by molar-refractivity contribution is 6.30. The maximum absolute atomic E-state index is 13.0. The molecule has 16 heavy (non-hydrogen) atoms.